The Morgan fingerprint density at radius 1 is 1.23 bits per heavy atom. The number of hydrogen-bond acceptors (Lipinski definition) is 4. The molecule has 1 atom stereocenters. The van der Waals surface area contributed by atoms with E-state index in [0.29, 0.717) is 24.4 Å². The van der Waals surface area contributed by atoms with Crippen molar-refractivity contribution in [3.05, 3.63) is 76.0 Å². The van der Waals surface area contributed by atoms with Crippen molar-refractivity contribution >= 4 is 29.6 Å². The second kappa shape index (κ2) is 10.1. The minimum atomic E-state index is -0.196. The molecule has 156 valence electrons. The third-order valence-electron chi connectivity index (χ3n) is 4.99. The van der Waals surface area contributed by atoms with Crippen LogP contribution in [0, 0.1) is 0 Å². The second-order valence-electron chi connectivity index (χ2n) is 7.01. The first-order valence-corrected chi connectivity index (χ1v) is 10.0. The first kappa shape index (κ1) is 21.6. The average molecular weight is 426 g/mol. The minimum absolute atomic E-state index is 0.00838. The number of halogens is 1. The zero-order chi connectivity index (χ0) is 21.5. The summed E-state index contributed by atoms with van der Waals surface area (Å²) in [7, 11) is 1.62. The number of carbonyl (C=O) groups excluding carboxylic acids is 1. The van der Waals surface area contributed by atoms with Crippen LogP contribution in [-0.4, -0.2) is 36.7 Å². The molecule has 1 unspecified atom stereocenters. The number of allylic oxidation sites excluding steroid dienone is 2. The summed E-state index contributed by atoms with van der Waals surface area (Å²) < 4.78 is 5.13. The molecule has 0 aromatic heterocycles. The van der Waals surface area contributed by atoms with Crippen LogP contribution in [0.25, 0.3) is 0 Å². The van der Waals surface area contributed by atoms with E-state index in [1.54, 1.807) is 13.2 Å². The number of ketones is 1. The predicted molar refractivity (Wildman–Crippen MR) is 120 cm³/mol. The van der Waals surface area contributed by atoms with Crippen molar-refractivity contribution in [2.45, 2.75) is 25.2 Å². The van der Waals surface area contributed by atoms with Crippen LogP contribution in [0.1, 0.15) is 29.9 Å². The molecule has 30 heavy (non-hydrogen) atoms. The summed E-state index contributed by atoms with van der Waals surface area (Å²) in [6.45, 7) is 0.461. The fourth-order valence-electron chi connectivity index (χ4n) is 3.35. The number of benzene rings is 2. The maximum atomic E-state index is 12.5. The smallest absolute Gasteiger partial charge is 0.215 e. The number of methoxy groups -OCH3 is 1. The molecular formula is C23H24ClN3O3. The highest BCUT2D eigenvalue weighted by molar-refractivity contribution is 6.31. The van der Waals surface area contributed by atoms with Crippen LogP contribution < -0.4 is 10.5 Å². The Morgan fingerprint density at radius 3 is 2.63 bits per heavy atom. The third-order valence-corrected chi connectivity index (χ3v) is 5.33. The van der Waals surface area contributed by atoms with E-state index in [-0.39, 0.29) is 35.4 Å². The highest BCUT2D eigenvalue weighted by Gasteiger charge is 2.28. The number of carbonyl (C=O) groups is 1. The number of hydrogen-bond donors (Lipinski definition) is 2. The lowest BCUT2D eigenvalue weighted by atomic mass is 9.83. The molecule has 0 spiro atoms. The second-order valence-corrected chi connectivity index (χ2v) is 7.41. The van der Waals surface area contributed by atoms with Gasteiger partial charge >= 0.3 is 0 Å². The van der Waals surface area contributed by atoms with Crippen LogP contribution in [0.15, 0.2) is 69.8 Å². The van der Waals surface area contributed by atoms with Gasteiger partial charge in [-0.3, -0.25) is 9.79 Å². The molecule has 0 radical (unpaired) electrons. The highest BCUT2D eigenvalue weighted by Crippen LogP contribution is 2.36. The summed E-state index contributed by atoms with van der Waals surface area (Å²) in [5.74, 6) is 0.501. The zero-order valence-corrected chi connectivity index (χ0v) is 17.5. The van der Waals surface area contributed by atoms with Gasteiger partial charge in [0.05, 0.1) is 12.7 Å². The van der Waals surface area contributed by atoms with E-state index in [9.17, 15) is 9.90 Å². The molecule has 0 bridgehead atoms. The van der Waals surface area contributed by atoms with Gasteiger partial charge in [-0.15, -0.1) is 0 Å². The third kappa shape index (κ3) is 5.48. The lowest BCUT2D eigenvalue weighted by molar-refractivity contribution is -0.116. The number of nitrogens with zero attached hydrogens (tertiary/aromatic N) is 2. The van der Waals surface area contributed by atoms with Crippen molar-refractivity contribution in [3.8, 4) is 5.75 Å². The van der Waals surface area contributed by atoms with Gasteiger partial charge in [0.1, 0.15) is 11.5 Å². The largest absolute Gasteiger partial charge is 0.511 e. The maximum absolute atomic E-state index is 12.5. The molecule has 3 rings (SSSR count). The zero-order valence-electron chi connectivity index (χ0n) is 16.7. The number of nitrogens with two attached hydrogens (primary N) is 1. The average Bonchev–Trinajstić information content (AvgIpc) is 2.74. The Hall–Kier alpha value is -3.12. The van der Waals surface area contributed by atoms with Gasteiger partial charge in [-0.05, 0) is 41.7 Å². The lowest BCUT2D eigenvalue weighted by Crippen LogP contribution is -2.20. The molecule has 0 aliphatic heterocycles. The molecule has 2 aromatic rings. The van der Waals surface area contributed by atoms with E-state index in [1.165, 1.54) is 6.21 Å². The van der Waals surface area contributed by atoms with Gasteiger partial charge in [0.2, 0.25) is 5.96 Å². The summed E-state index contributed by atoms with van der Waals surface area (Å²) in [4.78, 5) is 20.8. The van der Waals surface area contributed by atoms with Gasteiger partial charge in [0.25, 0.3) is 0 Å². The molecular weight excluding hydrogens is 402 g/mol. The summed E-state index contributed by atoms with van der Waals surface area (Å²) in [6.07, 6.45) is 2.58. The van der Waals surface area contributed by atoms with Crippen molar-refractivity contribution < 1.29 is 14.6 Å². The van der Waals surface area contributed by atoms with Gasteiger partial charge in [-0.1, -0.05) is 41.9 Å². The minimum Gasteiger partial charge on any atom is -0.511 e. The molecule has 0 saturated heterocycles. The fraction of sp³-hybridized carbons (Fsp3) is 0.261. The van der Waals surface area contributed by atoms with Crippen LogP contribution in [0.5, 0.6) is 5.75 Å². The first-order chi connectivity index (χ1) is 14.5. The summed E-state index contributed by atoms with van der Waals surface area (Å²) in [5, 5.41) is 11.0. The van der Waals surface area contributed by atoms with Crippen LogP contribution in [0.4, 0.5) is 0 Å². The van der Waals surface area contributed by atoms with Gasteiger partial charge in [0, 0.05) is 30.6 Å². The van der Waals surface area contributed by atoms with Crippen LogP contribution in [0.3, 0.4) is 0 Å². The Kier molecular flexibility index (Phi) is 7.25. The molecule has 6 nitrogen and oxygen atoms in total. The molecule has 0 fully saturated rings. The summed E-state index contributed by atoms with van der Waals surface area (Å²) in [5.41, 5.74) is 7.96. The Bertz CT molecular complexity index is 997. The van der Waals surface area contributed by atoms with E-state index in [2.05, 4.69) is 9.98 Å². The predicted octanol–water partition coefficient (Wildman–Crippen LogP) is 4.24. The van der Waals surface area contributed by atoms with E-state index < -0.39 is 0 Å². The van der Waals surface area contributed by atoms with Crippen molar-refractivity contribution in [2.75, 3.05) is 13.7 Å². The number of aliphatic imine (C=N–C) groups is 2. The molecule has 0 saturated carbocycles. The van der Waals surface area contributed by atoms with E-state index >= 15 is 0 Å². The maximum Gasteiger partial charge on any atom is 0.215 e. The summed E-state index contributed by atoms with van der Waals surface area (Å²) >= 11 is 6.23. The van der Waals surface area contributed by atoms with E-state index in [4.69, 9.17) is 22.1 Å². The molecule has 7 heteroatoms. The molecule has 0 amide bonds. The van der Waals surface area contributed by atoms with Crippen molar-refractivity contribution in [1.82, 2.24) is 0 Å². The topological polar surface area (TPSA) is 97.3 Å². The number of rotatable bonds is 6. The number of aliphatic hydroxyl groups is 1. The molecule has 3 N–H and O–H groups in total. The molecule has 0 heterocycles. The Labute approximate surface area is 180 Å². The first-order valence-electron chi connectivity index (χ1n) is 9.64. The monoisotopic (exact) mass is 425 g/mol. The molecule has 1 aliphatic rings. The number of guanidine groups is 1. The van der Waals surface area contributed by atoms with E-state index in [0.717, 1.165) is 16.9 Å². The number of aliphatic hydroxyl groups excluding tert-OH is 1. The Balaban J connectivity index is 1.61. The molecule has 1 aliphatic carbocycles. The van der Waals surface area contributed by atoms with Gasteiger partial charge in [-0.2, -0.15) is 0 Å². The Morgan fingerprint density at radius 2 is 1.97 bits per heavy atom. The fourth-order valence-corrected chi connectivity index (χ4v) is 3.64. The van der Waals surface area contributed by atoms with Crippen LogP contribution in [-0.2, 0) is 11.2 Å². The SMILES string of the molecule is COc1ccc(CCN=C(N)/N=C/C2=C(O)CC(c3ccccc3Cl)CC2=O)cc1. The van der Waals surface area contributed by atoms with Gasteiger partial charge in [-0.25, -0.2) is 4.99 Å². The van der Waals surface area contributed by atoms with E-state index in [1.807, 2.05) is 42.5 Å². The normalized spacial score (nSPS) is 17.6. The lowest BCUT2D eigenvalue weighted by Gasteiger charge is -2.23. The van der Waals surface area contributed by atoms with Crippen LogP contribution in [0.2, 0.25) is 5.02 Å². The summed E-state index contributed by atoms with van der Waals surface area (Å²) in [6, 6.07) is 15.1. The quantitative estimate of drug-likeness (QED) is 0.534. The molecule has 2 aromatic carbocycles. The van der Waals surface area contributed by atoms with Crippen molar-refractivity contribution in [3.63, 3.8) is 0 Å². The van der Waals surface area contributed by atoms with Crippen LogP contribution >= 0.6 is 11.6 Å². The number of Topliss-reactive ketones (excluding diaryl/α,β-unsaturated/α-hetero) is 1. The van der Waals surface area contributed by atoms with Crippen molar-refractivity contribution in [1.29, 1.82) is 0 Å². The highest BCUT2D eigenvalue weighted by atomic mass is 35.5. The number of ether oxygens (including phenoxy) is 1. The van der Waals surface area contributed by atoms with Crippen molar-refractivity contribution in [2.24, 2.45) is 15.7 Å². The van der Waals surface area contributed by atoms with Gasteiger partial charge in [0.15, 0.2) is 5.78 Å². The standard InChI is InChI=1S/C23H24ClN3O3/c1-30-17-8-6-15(7-9-17)10-11-26-23(25)27-14-19-21(28)12-16(13-22(19)29)18-4-2-3-5-20(18)24/h2-9,14,16,28H,10-13H2,1H3,(H2,25,26)/b27-14+. The van der Waals surface area contributed by atoms with Gasteiger partial charge < -0.3 is 15.6 Å².